The van der Waals surface area contributed by atoms with Crippen molar-refractivity contribution in [2.24, 2.45) is 0 Å². The second-order valence-electron chi connectivity index (χ2n) is 4.97. The number of carbonyl (C=O) groups is 1. The van der Waals surface area contributed by atoms with Crippen LogP contribution in [-0.2, 0) is 11.3 Å². The van der Waals surface area contributed by atoms with Crippen LogP contribution in [0.25, 0.3) is 0 Å². The van der Waals surface area contributed by atoms with Crippen molar-refractivity contribution >= 4 is 5.91 Å². The Balaban J connectivity index is 2.29. The Kier molecular flexibility index (Phi) is 7.92. The third kappa shape index (κ3) is 7.33. The highest BCUT2D eigenvalue weighted by atomic mass is 16.5. The Hall–Kier alpha value is -2.06. The monoisotopic (exact) mass is 289 g/mol. The quantitative estimate of drug-likeness (QED) is 0.706. The second kappa shape index (κ2) is 9.78. The molecular weight excluding hydrogens is 266 g/mol. The number of hydrogen-bond donors (Lipinski definition) is 1. The molecule has 0 saturated carbocycles. The normalized spacial score (nSPS) is 9.95. The molecule has 5 nitrogen and oxygen atoms in total. The SMILES string of the molecule is CN(C)C(=O)CCNCc1cccc(OCCCC#N)c1. The zero-order chi connectivity index (χ0) is 15.5. The highest BCUT2D eigenvalue weighted by Gasteiger charge is 2.03. The van der Waals surface area contributed by atoms with Gasteiger partial charge in [0.2, 0.25) is 5.91 Å². The van der Waals surface area contributed by atoms with Crippen molar-refractivity contribution in [1.82, 2.24) is 10.2 Å². The Bertz CT molecular complexity index is 481. The average Bonchev–Trinajstić information content (AvgIpc) is 2.48. The summed E-state index contributed by atoms with van der Waals surface area (Å²) in [5.41, 5.74) is 1.12. The van der Waals surface area contributed by atoms with Gasteiger partial charge in [0.15, 0.2) is 0 Å². The highest BCUT2D eigenvalue weighted by Crippen LogP contribution is 2.13. The molecule has 1 aromatic carbocycles. The molecule has 0 unspecified atom stereocenters. The predicted octanol–water partition coefficient (Wildman–Crippen LogP) is 1.94. The minimum atomic E-state index is 0.122. The van der Waals surface area contributed by atoms with Crippen LogP contribution in [0.1, 0.15) is 24.8 Å². The zero-order valence-electron chi connectivity index (χ0n) is 12.8. The Labute approximate surface area is 126 Å². The molecule has 0 aliphatic carbocycles. The van der Waals surface area contributed by atoms with Gasteiger partial charge in [-0.25, -0.2) is 0 Å². The van der Waals surface area contributed by atoms with Crippen LogP contribution in [0, 0.1) is 11.3 Å². The summed E-state index contributed by atoms with van der Waals surface area (Å²) >= 11 is 0. The largest absolute Gasteiger partial charge is 0.494 e. The molecule has 0 saturated heterocycles. The van der Waals surface area contributed by atoms with E-state index in [1.807, 2.05) is 24.3 Å². The van der Waals surface area contributed by atoms with Gasteiger partial charge >= 0.3 is 0 Å². The molecular formula is C16H23N3O2. The van der Waals surface area contributed by atoms with E-state index in [-0.39, 0.29) is 5.91 Å². The number of rotatable bonds is 9. The predicted molar refractivity (Wildman–Crippen MR) is 81.8 cm³/mol. The van der Waals surface area contributed by atoms with Gasteiger partial charge in [-0.3, -0.25) is 4.79 Å². The van der Waals surface area contributed by atoms with E-state index >= 15 is 0 Å². The minimum Gasteiger partial charge on any atom is -0.494 e. The Morgan fingerprint density at radius 3 is 2.95 bits per heavy atom. The molecule has 5 heteroatoms. The average molecular weight is 289 g/mol. The van der Waals surface area contributed by atoms with E-state index in [4.69, 9.17) is 10.00 Å². The number of nitrogens with zero attached hydrogens (tertiary/aromatic N) is 2. The molecule has 0 aliphatic heterocycles. The van der Waals surface area contributed by atoms with E-state index in [1.54, 1.807) is 19.0 Å². The summed E-state index contributed by atoms with van der Waals surface area (Å²) in [5, 5.41) is 11.7. The van der Waals surface area contributed by atoms with Crippen LogP contribution in [0.15, 0.2) is 24.3 Å². The summed E-state index contributed by atoms with van der Waals surface area (Å²) in [6.45, 7) is 1.92. The standard InChI is InChI=1S/C16H23N3O2/c1-19(2)16(20)8-10-18-13-14-6-5-7-15(12-14)21-11-4-3-9-17/h5-7,12,18H,3-4,8,10-11,13H2,1-2H3. The van der Waals surface area contributed by atoms with Gasteiger partial charge in [0.25, 0.3) is 0 Å². The molecule has 1 N–H and O–H groups in total. The fourth-order valence-electron chi connectivity index (χ4n) is 1.74. The highest BCUT2D eigenvalue weighted by molar-refractivity contribution is 5.75. The van der Waals surface area contributed by atoms with Gasteiger partial charge in [0, 0.05) is 40.0 Å². The molecule has 0 fully saturated rings. The fourth-order valence-corrected chi connectivity index (χ4v) is 1.74. The van der Waals surface area contributed by atoms with Gasteiger partial charge in [-0.1, -0.05) is 12.1 Å². The maximum atomic E-state index is 11.4. The summed E-state index contributed by atoms with van der Waals surface area (Å²) < 4.78 is 5.59. The molecule has 1 aromatic rings. The summed E-state index contributed by atoms with van der Waals surface area (Å²) in [4.78, 5) is 13.0. The smallest absolute Gasteiger partial charge is 0.223 e. The Morgan fingerprint density at radius 1 is 1.43 bits per heavy atom. The van der Waals surface area contributed by atoms with E-state index in [1.165, 1.54) is 0 Å². The van der Waals surface area contributed by atoms with Crippen molar-refractivity contribution in [2.75, 3.05) is 27.2 Å². The van der Waals surface area contributed by atoms with Crippen molar-refractivity contribution < 1.29 is 9.53 Å². The summed E-state index contributed by atoms with van der Waals surface area (Å²) in [6.07, 6.45) is 1.75. The van der Waals surface area contributed by atoms with Crippen LogP contribution in [-0.4, -0.2) is 38.1 Å². The number of amides is 1. The molecule has 0 radical (unpaired) electrons. The van der Waals surface area contributed by atoms with Crippen molar-refractivity contribution in [1.29, 1.82) is 5.26 Å². The van der Waals surface area contributed by atoms with Gasteiger partial charge < -0.3 is 15.0 Å². The first-order valence-electron chi connectivity index (χ1n) is 7.13. The first-order valence-corrected chi connectivity index (χ1v) is 7.13. The molecule has 0 heterocycles. The number of hydrogen-bond acceptors (Lipinski definition) is 4. The molecule has 0 aromatic heterocycles. The van der Waals surface area contributed by atoms with E-state index < -0.39 is 0 Å². The maximum Gasteiger partial charge on any atom is 0.223 e. The van der Waals surface area contributed by atoms with Crippen molar-refractivity contribution in [2.45, 2.75) is 25.8 Å². The number of unbranched alkanes of at least 4 members (excludes halogenated alkanes) is 1. The van der Waals surface area contributed by atoms with Crippen LogP contribution in [0.2, 0.25) is 0 Å². The van der Waals surface area contributed by atoms with E-state index in [2.05, 4.69) is 11.4 Å². The summed E-state index contributed by atoms with van der Waals surface area (Å²) in [7, 11) is 3.52. The molecule has 0 spiro atoms. The first-order chi connectivity index (χ1) is 10.1. The van der Waals surface area contributed by atoms with Crippen molar-refractivity contribution in [3.63, 3.8) is 0 Å². The number of carbonyl (C=O) groups excluding carboxylic acids is 1. The molecule has 21 heavy (non-hydrogen) atoms. The maximum absolute atomic E-state index is 11.4. The van der Waals surface area contributed by atoms with Gasteiger partial charge in [-0.15, -0.1) is 0 Å². The van der Waals surface area contributed by atoms with Crippen LogP contribution in [0.4, 0.5) is 0 Å². The third-order valence-corrected chi connectivity index (χ3v) is 2.94. The van der Waals surface area contributed by atoms with Crippen LogP contribution < -0.4 is 10.1 Å². The number of nitriles is 1. The number of ether oxygens (including phenoxy) is 1. The summed E-state index contributed by atoms with van der Waals surface area (Å²) in [5.74, 6) is 0.939. The molecule has 1 amide bonds. The molecule has 1 rings (SSSR count). The van der Waals surface area contributed by atoms with Crippen LogP contribution in [0.3, 0.4) is 0 Å². The fraction of sp³-hybridized carbons (Fsp3) is 0.500. The van der Waals surface area contributed by atoms with Crippen molar-refractivity contribution in [3.8, 4) is 11.8 Å². The number of benzene rings is 1. The zero-order valence-corrected chi connectivity index (χ0v) is 12.8. The van der Waals surface area contributed by atoms with Gasteiger partial charge in [-0.05, 0) is 24.1 Å². The third-order valence-electron chi connectivity index (χ3n) is 2.94. The summed E-state index contributed by atoms with van der Waals surface area (Å²) in [6, 6.07) is 9.95. The lowest BCUT2D eigenvalue weighted by Crippen LogP contribution is -2.26. The number of nitrogens with one attached hydrogen (secondary N) is 1. The molecule has 0 aliphatic rings. The van der Waals surface area contributed by atoms with E-state index in [9.17, 15) is 4.79 Å². The lowest BCUT2D eigenvalue weighted by Gasteiger charge is -2.11. The van der Waals surface area contributed by atoms with Crippen molar-refractivity contribution in [3.05, 3.63) is 29.8 Å². The van der Waals surface area contributed by atoms with E-state index in [0.29, 0.717) is 32.5 Å². The molecule has 0 bridgehead atoms. The second-order valence-corrected chi connectivity index (χ2v) is 4.97. The van der Waals surface area contributed by atoms with Gasteiger partial charge in [-0.2, -0.15) is 5.26 Å². The van der Waals surface area contributed by atoms with Crippen LogP contribution in [0.5, 0.6) is 5.75 Å². The Morgan fingerprint density at radius 2 is 2.24 bits per heavy atom. The van der Waals surface area contributed by atoms with Crippen LogP contribution >= 0.6 is 0 Å². The minimum absolute atomic E-state index is 0.122. The molecule has 114 valence electrons. The van der Waals surface area contributed by atoms with E-state index in [0.717, 1.165) is 17.7 Å². The lowest BCUT2D eigenvalue weighted by atomic mass is 10.2. The van der Waals surface area contributed by atoms with Gasteiger partial charge in [0.1, 0.15) is 5.75 Å². The first kappa shape index (κ1) is 17.0. The molecule has 0 atom stereocenters. The lowest BCUT2D eigenvalue weighted by molar-refractivity contribution is -0.128. The van der Waals surface area contributed by atoms with Gasteiger partial charge in [0.05, 0.1) is 12.7 Å². The topological polar surface area (TPSA) is 65.4 Å².